The van der Waals surface area contributed by atoms with E-state index in [-0.39, 0.29) is 24.4 Å². The van der Waals surface area contributed by atoms with Crippen LogP contribution < -0.4 is 5.43 Å². The highest BCUT2D eigenvalue weighted by molar-refractivity contribution is 5.84. The number of hydrazine groups is 1. The van der Waals surface area contributed by atoms with E-state index < -0.39 is 12.2 Å². The number of nitrogens with one attached hydrogen (secondary N) is 1. The lowest BCUT2D eigenvalue weighted by atomic mass is 9.99. The lowest BCUT2D eigenvalue weighted by Gasteiger charge is -2.29. The highest BCUT2D eigenvalue weighted by Gasteiger charge is 2.46. The number of fused-ring (bicyclic) bond motifs is 1. The summed E-state index contributed by atoms with van der Waals surface area (Å²) in [6.07, 6.45) is -3.56. The Morgan fingerprint density at radius 3 is 2.52 bits per heavy atom. The van der Waals surface area contributed by atoms with Crippen LogP contribution in [0.3, 0.4) is 0 Å². The molecule has 3 rings (SSSR count). The monoisotopic (exact) mass is 322 g/mol. The van der Waals surface area contributed by atoms with Crippen LogP contribution in [0.2, 0.25) is 0 Å². The summed E-state index contributed by atoms with van der Waals surface area (Å²) >= 11 is 0. The first-order valence-corrected chi connectivity index (χ1v) is 7.54. The molecule has 1 fully saturated rings. The Morgan fingerprint density at radius 2 is 1.91 bits per heavy atom. The fraction of sp³-hybridized carbons (Fsp3) is 0.353. The molecular formula is C17H17F3N2O. The predicted octanol–water partition coefficient (Wildman–Crippen LogP) is 3.74. The third-order valence-electron chi connectivity index (χ3n) is 4.12. The third-order valence-corrected chi connectivity index (χ3v) is 4.12. The first-order valence-electron chi connectivity index (χ1n) is 7.54. The van der Waals surface area contributed by atoms with E-state index in [4.69, 9.17) is 0 Å². The average Bonchev–Trinajstić information content (AvgIpc) is 2.91. The summed E-state index contributed by atoms with van der Waals surface area (Å²) in [4.78, 5) is 11.3. The van der Waals surface area contributed by atoms with Crippen molar-refractivity contribution < 1.29 is 18.0 Å². The zero-order valence-corrected chi connectivity index (χ0v) is 12.7. The fourth-order valence-electron chi connectivity index (χ4n) is 2.94. The van der Waals surface area contributed by atoms with Crippen LogP contribution in [0.15, 0.2) is 36.4 Å². The van der Waals surface area contributed by atoms with Crippen molar-refractivity contribution in [2.45, 2.75) is 32.0 Å². The second-order valence-corrected chi connectivity index (χ2v) is 5.72. The van der Waals surface area contributed by atoms with Gasteiger partial charge in [0.25, 0.3) is 0 Å². The minimum Gasteiger partial charge on any atom is -0.288 e. The number of rotatable bonds is 3. The zero-order chi connectivity index (χ0) is 16.6. The maximum Gasteiger partial charge on any atom is 0.409 e. The average molecular weight is 322 g/mol. The molecule has 1 atom stereocenters. The van der Waals surface area contributed by atoms with Gasteiger partial charge in [-0.05, 0) is 34.4 Å². The molecule has 122 valence electrons. The van der Waals surface area contributed by atoms with Gasteiger partial charge in [-0.15, -0.1) is 0 Å². The van der Waals surface area contributed by atoms with Crippen molar-refractivity contribution in [1.29, 1.82) is 0 Å². The number of nitrogens with zero attached hydrogens (tertiary/aromatic N) is 1. The molecule has 23 heavy (non-hydrogen) atoms. The van der Waals surface area contributed by atoms with Crippen LogP contribution in [0.1, 0.15) is 30.5 Å². The molecule has 1 saturated heterocycles. The summed E-state index contributed by atoms with van der Waals surface area (Å²) in [7, 11) is 0. The van der Waals surface area contributed by atoms with Gasteiger partial charge in [0, 0.05) is 13.0 Å². The molecule has 1 amide bonds. The molecule has 3 nitrogen and oxygen atoms in total. The smallest absolute Gasteiger partial charge is 0.288 e. The first kappa shape index (κ1) is 15.8. The van der Waals surface area contributed by atoms with Crippen LogP contribution in [0, 0.1) is 0 Å². The molecule has 2 aromatic carbocycles. The second kappa shape index (κ2) is 5.85. The fourth-order valence-corrected chi connectivity index (χ4v) is 2.94. The minimum absolute atomic E-state index is 0.0516. The van der Waals surface area contributed by atoms with E-state index in [0.29, 0.717) is 0 Å². The lowest BCUT2D eigenvalue weighted by molar-refractivity contribution is -0.191. The van der Waals surface area contributed by atoms with E-state index in [0.717, 1.165) is 27.8 Å². The Kier molecular flexibility index (Phi) is 4.02. The molecule has 0 aliphatic carbocycles. The quantitative estimate of drug-likeness (QED) is 0.933. The van der Waals surface area contributed by atoms with Crippen molar-refractivity contribution in [3.8, 4) is 0 Å². The lowest BCUT2D eigenvalue weighted by Crippen LogP contribution is -2.43. The van der Waals surface area contributed by atoms with E-state index in [9.17, 15) is 18.0 Å². The van der Waals surface area contributed by atoms with E-state index in [1.54, 1.807) is 12.1 Å². The van der Waals surface area contributed by atoms with Crippen molar-refractivity contribution in [3.63, 3.8) is 0 Å². The predicted molar refractivity (Wildman–Crippen MR) is 81.6 cm³/mol. The Hall–Kier alpha value is -2.08. The van der Waals surface area contributed by atoms with Crippen LogP contribution in [-0.2, 0) is 11.2 Å². The molecule has 2 aromatic rings. The number of carbonyl (C=O) groups is 1. The Labute approximate surface area is 132 Å². The van der Waals surface area contributed by atoms with E-state index in [1.165, 1.54) is 6.07 Å². The number of halogens is 3. The first-order chi connectivity index (χ1) is 10.9. The van der Waals surface area contributed by atoms with Gasteiger partial charge in [-0.2, -0.15) is 13.2 Å². The summed E-state index contributed by atoms with van der Waals surface area (Å²) in [5, 5.41) is 2.66. The van der Waals surface area contributed by atoms with E-state index in [1.807, 2.05) is 25.1 Å². The van der Waals surface area contributed by atoms with E-state index >= 15 is 0 Å². The summed E-state index contributed by atoms with van der Waals surface area (Å²) in [6.45, 7) is 2.05. The molecule has 0 bridgehead atoms. The Balaban J connectivity index is 2.04. The second-order valence-electron chi connectivity index (χ2n) is 5.72. The number of benzene rings is 2. The standard InChI is InChI=1S/C17H17F3N2O/c1-2-11-3-4-12-5-6-13(10-14(12)9-11)16(17(18,19)20)22-8-7-15(23)21-22/h3-6,9-10,16H,2,7-8H2,1H3,(H,21,23). The van der Waals surface area contributed by atoms with Crippen molar-refractivity contribution in [1.82, 2.24) is 10.4 Å². The van der Waals surface area contributed by atoms with Gasteiger partial charge in [0.15, 0.2) is 0 Å². The largest absolute Gasteiger partial charge is 0.409 e. The van der Waals surface area contributed by atoms with Gasteiger partial charge >= 0.3 is 6.18 Å². The van der Waals surface area contributed by atoms with Crippen LogP contribution in [-0.4, -0.2) is 23.6 Å². The van der Waals surface area contributed by atoms with E-state index in [2.05, 4.69) is 5.43 Å². The van der Waals surface area contributed by atoms with Gasteiger partial charge in [-0.3, -0.25) is 10.2 Å². The molecule has 1 unspecified atom stereocenters. The number of hydrogen-bond donors (Lipinski definition) is 1. The zero-order valence-electron chi connectivity index (χ0n) is 12.7. The minimum atomic E-state index is -4.46. The number of amides is 1. The normalized spacial score (nSPS) is 17.5. The third kappa shape index (κ3) is 3.17. The molecule has 0 radical (unpaired) electrons. The molecule has 1 heterocycles. The number of carbonyl (C=O) groups excluding carboxylic acids is 1. The molecule has 1 aliphatic heterocycles. The van der Waals surface area contributed by atoms with Crippen molar-refractivity contribution in [2.75, 3.05) is 6.54 Å². The van der Waals surface area contributed by atoms with Crippen LogP contribution in [0.25, 0.3) is 10.8 Å². The highest BCUT2D eigenvalue weighted by Crippen LogP contribution is 2.38. The Morgan fingerprint density at radius 1 is 1.17 bits per heavy atom. The maximum atomic E-state index is 13.5. The van der Waals surface area contributed by atoms with Crippen molar-refractivity contribution in [2.24, 2.45) is 0 Å². The molecule has 1 N–H and O–H groups in total. The van der Waals surface area contributed by atoms with Gasteiger partial charge in [-0.1, -0.05) is 37.3 Å². The highest BCUT2D eigenvalue weighted by atomic mass is 19.4. The van der Waals surface area contributed by atoms with Gasteiger partial charge in [0.1, 0.15) is 6.04 Å². The van der Waals surface area contributed by atoms with Crippen LogP contribution >= 0.6 is 0 Å². The number of alkyl halides is 3. The summed E-state index contributed by atoms with van der Waals surface area (Å²) in [5.74, 6) is -0.381. The van der Waals surface area contributed by atoms with Gasteiger partial charge in [-0.25, -0.2) is 5.01 Å². The van der Waals surface area contributed by atoms with Gasteiger partial charge in [0.2, 0.25) is 5.91 Å². The van der Waals surface area contributed by atoms with Crippen LogP contribution in [0.4, 0.5) is 13.2 Å². The van der Waals surface area contributed by atoms with Gasteiger partial charge in [0.05, 0.1) is 0 Å². The maximum absolute atomic E-state index is 13.5. The molecule has 0 saturated carbocycles. The molecule has 0 aromatic heterocycles. The van der Waals surface area contributed by atoms with Gasteiger partial charge < -0.3 is 0 Å². The molecular weight excluding hydrogens is 305 g/mol. The molecule has 6 heteroatoms. The SMILES string of the molecule is CCc1ccc2ccc(C(N3CCC(=O)N3)C(F)(F)F)cc2c1. The van der Waals surface area contributed by atoms with Crippen LogP contribution in [0.5, 0.6) is 0 Å². The summed E-state index contributed by atoms with van der Waals surface area (Å²) < 4.78 is 40.6. The summed E-state index contributed by atoms with van der Waals surface area (Å²) in [6, 6.07) is 8.72. The number of hydrogen-bond acceptors (Lipinski definition) is 2. The van der Waals surface area contributed by atoms with Crippen molar-refractivity contribution >= 4 is 16.7 Å². The Bertz CT molecular complexity index is 742. The topological polar surface area (TPSA) is 32.3 Å². The molecule has 1 aliphatic rings. The summed E-state index contributed by atoms with van der Waals surface area (Å²) in [5.41, 5.74) is 3.52. The van der Waals surface area contributed by atoms with Crippen molar-refractivity contribution in [3.05, 3.63) is 47.5 Å². The number of aryl methyl sites for hydroxylation is 1. The molecule has 0 spiro atoms.